The second-order valence-corrected chi connectivity index (χ2v) is 8.11. The number of guanidine groups is 1. The number of nitrogens with one attached hydrogen (secondary N) is 2. The zero-order valence-corrected chi connectivity index (χ0v) is 20.7. The van der Waals surface area contributed by atoms with Crippen molar-refractivity contribution in [2.24, 2.45) is 10.9 Å². The van der Waals surface area contributed by atoms with Gasteiger partial charge in [-0.1, -0.05) is 30.9 Å². The van der Waals surface area contributed by atoms with Crippen LogP contribution in [0, 0.1) is 5.92 Å². The lowest BCUT2D eigenvalue weighted by molar-refractivity contribution is -0.135. The highest BCUT2D eigenvalue weighted by molar-refractivity contribution is 14.0. The molecule has 1 amide bonds. The molecule has 7 nitrogen and oxygen atoms in total. The summed E-state index contributed by atoms with van der Waals surface area (Å²) in [5.74, 6) is 1.88. The molecule has 2 N–H and O–H groups in total. The van der Waals surface area contributed by atoms with Crippen molar-refractivity contribution < 1.29 is 9.53 Å². The van der Waals surface area contributed by atoms with Crippen molar-refractivity contribution in [3.05, 3.63) is 23.4 Å². The molecule has 1 saturated carbocycles. The van der Waals surface area contributed by atoms with Crippen LogP contribution in [0.25, 0.3) is 0 Å². The number of aromatic nitrogens is 1. The number of halogens is 2. The van der Waals surface area contributed by atoms with Crippen LogP contribution in [0.5, 0.6) is 5.88 Å². The molecule has 1 aromatic rings. The van der Waals surface area contributed by atoms with Gasteiger partial charge in [0.2, 0.25) is 11.8 Å². The minimum Gasteiger partial charge on any atom is -0.476 e. The molecule has 1 aliphatic heterocycles. The Hall–Kier alpha value is -1.29. The zero-order valence-electron chi connectivity index (χ0n) is 17.6. The van der Waals surface area contributed by atoms with Crippen LogP contribution in [0.15, 0.2) is 23.3 Å². The maximum atomic E-state index is 12.7. The summed E-state index contributed by atoms with van der Waals surface area (Å²) in [6, 6.07) is 3.73. The number of nitrogens with zero attached hydrogens (tertiary/aromatic N) is 3. The fourth-order valence-corrected chi connectivity index (χ4v) is 4.07. The van der Waals surface area contributed by atoms with E-state index in [1.807, 2.05) is 11.8 Å². The monoisotopic (exact) mass is 549 g/mol. The summed E-state index contributed by atoms with van der Waals surface area (Å²) in [7, 11) is 0. The Kier molecular flexibility index (Phi) is 11.0. The van der Waals surface area contributed by atoms with E-state index in [1.54, 1.807) is 18.3 Å². The van der Waals surface area contributed by atoms with Gasteiger partial charge in [-0.15, -0.1) is 24.0 Å². The van der Waals surface area contributed by atoms with Gasteiger partial charge in [-0.2, -0.15) is 0 Å². The smallest absolute Gasteiger partial charge is 0.225 e. The summed E-state index contributed by atoms with van der Waals surface area (Å²) in [4.78, 5) is 23.5. The predicted molar refractivity (Wildman–Crippen MR) is 131 cm³/mol. The van der Waals surface area contributed by atoms with Gasteiger partial charge in [-0.05, 0) is 32.3 Å². The molecule has 3 rings (SSSR count). The van der Waals surface area contributed by atoms with Crippen LogP contribution < -0.4 is 15.4 Å². The lowest BCUT2D eigenvalue weighted by Crippen LogP contribution is -2.45. The van der Waals surface area contributed by atoms with Crippen LogP contribution in [0.4, 0.5) is 0 Å². The number of pyridine rings is 1. The van der Waals surface area contributed by atoms with E-state index >= 15 is 0 Å². The first-order chi connectivity index (χ1) is 14.2. The topological polar surface area (TPSA) is 78.9 Å². The Morgan fingerprint density at radius 2 is 2.10 bits per heavy atom. The second-order valence-electron chi connectivity index (χ2n) is 7.67. The summed E-state index contributed by atoms with van der Waals surface area (Å²) in [5, 5.41) is 7.32. The number of rotatable bonds is 7. The molecule has 1 aliphatic carbocycles. The molecule has 9 heteroatoms. The number of carbonyl (C=O) groups is 1. The fraction of sp³-hybridized carbons (Fsp3) is 0.667. The van der Waals surface area contributed by atoms with Gasteiger partial charge in [0.05, 0.1) is 11.6 Å². The number of amides is 1. The molecule has 0 radical (unpaired) electrons. The Labute approximate surface area is 201 Å². The average molecular weight is 550 g/mol. The zero-order chi connectivity index (χ0) is 20.5. The molecular weight excluding hydrogens is 517 g/mol. The number of ether oxygens (including phenoxy) is 1. The highest BCUT2D eigenvalue weighted by atomic mass is 127. The minimum atomic E-state index is 0. The molecule has 2 fully saturated rings. The van der Waals surface area contributed by atoms with Gasteiger partial charge in [0.15, 0.2) is 5.96 Å². The molecule has 168 valence electrons. The standard InChI is InChI=1S/C21H32ClN5O2.HI/c1-2-23-21(24-11-13-29-19-9-8-17(22)14-25-19)26-18-10-12-27(15-18)20(28)16-6-4-3-5-7-16;/h8-9,14,16,18H,2-7,10-13,15H2,1H3,(H2,23,24,26);1H. The van der Waals surface area contributed by atoms with Crippen molar-refractivity contribution in [2.75, 3.05) is 32.8 Å². The molecule has 30 heavy (non-hydrogen) atoms. The van der Waals surface area contributed by atoms with E-state index in [4.69, 9.17) is 16.3 Å². The van der Waals surface area contributed by atoms with Gasteiger partial charge >= 0.3 is 0 Å². The third kappa shape index (κ3) is 7.76. The van der Waals surface area contributed by atoms with Crippen LogP contribution in [0.3, 0.4) is 0 Å². The number of hydrogen-bond donors (Lipinski definition) is 2. The van der Waals surface area contributed by atoms with E-state index in [0.29, 0.717) is 30.0 Å². The number of likely N-dealkylation sites (tertiary alicyclic amines) is 1. The normalized spacial score (nSPS) is 19.9. The molecule has 1 aromatic heterocycles. The van der Waals surface area contributed by atoms with Gasteiger partial charge < -0.3 is 20.3 Å². The van der Waals surface area contributed by atoms with E-state index in [1.165, 1.54) is 19.3 Å². The SMILES string of the molecule is CCNC(=NCCOc1ccc(Cl)cn1)NC1CCN(C(=O)C2CCCCC2)C1.I. The first kappa shape index (κ1) is 25.0. The Morgan fingerprint density at radius 3 is 2.80 bits per heavy atom. The molecule has 0 aromatic carbocycles. The van der Waals surface area contributed by atoms with Crippen molar-refractivity contribution in [1.29, 1.82) is 0 Å². The van der Waals surface area contributed by atoms with Gasteiger partial charge in [0.1, 0.15) is 6.61 Å². The lowest BCUT2D eigenvalue weighted by atomic mass is 9.88. The quantitative estimate of drug-likeness (QED) is 0.236. The highest BCUT2D eigenvalue weighted by Crippen LogP contribution is 2.26. The van der Waals surface area contributed by atoms with Crippen LogP contribution in [0.1, 0.15) is 45.4 Å². The van der Waals surface area contributed by atoms with Crippen molar-refractivity contribution in [2.45, 2.75) is 51.5 Å². The summed E-state index contributed by atoms with van der Waals surface area (Å²) < 4.78 is 5.59. The van der Waals surface area contributed by atoms with E-state index < -0.39 is 0 Å². The number of aliphatic imine (C=N–C) groups is 1. The third-order valence-corrected chi connectivity index (χ3v) is 5.67. The van der Waals surface area contributed by atoms with Crippen molar-refractivity contribution in [1.82, 2.24) is 20.5 Å². The Bertz CT molecular complexity index is 682. The number of carbonyl (C=O) groups excluding carboxylic acids is 1. The Morgan fingerprint density at radius 1 is 1.30 bits per heavy atom. The summed E-state index contributed by atoms with van der Waals surface area (Å²) in [6.45, 7) is 5.35. The molecule has 1 unspecified atom stereocenters. The first-order valence-corrected chi connectivity index (χ1v) is 11.1. The second kappa shape index (κ2) is 13.2. The third-order valence-electron chi connectivity index (χ3n) is 5.45. The molecule has 2 heterocycles. The van der Waals surface area contributed by atoms with E-state index in [0.717, 1.165) is 44.9 Å². The van der Waals surface area contributed by atoms with E-state index in [9.17, 15) is 4.79 Å². The Balaban J connectivity index is 0.00000320. The fourth-order valence-electron chi connectivity index (χ4n) is 3.95. The van der Waals surface area contributed by atoms with Gasteiger partial charge in [0, 0.05) is 43.9 Å². The van der Waals surface area contributed by atoms with Crippen LogP contribution in [-0.4, -0.2) is 60.6 Å². The lowest BCUT2D eigenvalue weighted by Gasteiger charge is -2.26. The van der Waals surface area contributed by atoms with Gasteiger partial charge in [0.25, 0.3) is 0 Å². The largest absolute Gasteiger partial charge is 0.476 e. The highest BCUT2D eigenvalue weighted by Gasteiger charge is 2.31. The maximum absolute atomic E-state index is 12.7. The van der Waals surface area contributed by atoms with Crippen molar-refractivity contribution in [3.63, 3.8) is 0 Å². The number of hydrogen-bond acceptors (Lipinski definition) is 4. The first-order valence-electron chi connectivity index (χ1n) is 10.7. The predicted octanol–water partition coefficient (Wildman–Crippen LogP) is 3.47. The molecular formula is C21H33ClIN5O2. The minimum absolute atomic E-state index is 0. The summed E-state index contributed by atoms with van der Waals surface area (Å²) >= 11 is 5.82. The summed E-state index contributed by atoms with van der Waals surface area (Å²) in [6.07, 6.45) is 8.28. The van der Waals surface area contributed by atoms with Crippen molar-refractivity contribution in [3.8, 4) is 5.88 Å². The average Bonchev–Trinajstić information content (AvgIpc) is 3.21. The van der Waals surface area contributed by atoms with Gasteiger partial charge in [-0.3, -0.25) is 4.79 Å². The molecule has 1 atom stereocenters. The molecule has 0 bridgehead atoms. The van der Waals surface area contributed by atoms with Crippen LogP contribution in [-0.2, 0) is 4.79 Å². The van der Waals surface area contributed by atoms with Gasteiger partial charge in [-0.25, -0.2) is 9.98 Å². The van der Waals surface area contributed by atoms with E-state index in [-0.39, 0.29) is 35.9 Å². The summed E-state index contributed by atoms with van der Waals surface area (Å²) in [5.41, 5.74) is 0. The van der Waals surface area contributed by atoms with Crippen LogP contribution in [0.2, 0.25) is 5.02 Å². The molecule has 0 spiro atoms. The van der Waals surface area contributed by atoms with Crippen LogP contribution >= 0.6 is 35.6 Å². The van der Waals surface area contributed by atoms with E-state index in [2.05, 4.69) is 20.6 Å². The maximum Gasteiger partial charge on any atom is 0.225 e. The molecule has 1 saturated heterocycles. The molecule has 2 aliphatic rings. The van der Waals surface area contributed by atoms with Crippen molar-refractivity contribution >= 4 is 47.4 Å².